The Morgan fingerprint density at radius 2 is 1.89 bits per heavy atom. The van der Waals surface area contributed by atoms with Gasteiger partial charge in [-0.3, -0.25) is 4.79 Å². The second-order valence-electron chi connectivity index (χ2n) is 6.41. The SMILES string of the molecule is CCN(CC)C(=O)c1ccc(Cn2nc(C(F)(F)F)c3c2OCCC3)cc1. The van der Waals surface area contributed by atoms with E-state index in [4.69, 9.17) is 4.74 Å². The van der Waals surface area contributed by atoms with Crippen LogP contribution in [0.25, 0.3) is 0 Å². The van der Waals surface area contributed by atoms with Crippen LogP contribution in [0.5, 0.6) is 5.88 Å². The van der Waals surface area contributed by atoms with E-state index in [1.807, 2.05) is 13.8 Å². The van der Waals surface area contributed by atoms with Gasteiger partial charge in [0, 0.05) is 24.2 Å². The second-order valence-corrected chi connectivity index (χ2v) is 6.41. The second kappa shape index (κ2) is 7.62. The molecular weight excluding hydrogens is 359 g/mol. The topological polar surface area (TPSA) is 47.4 Å². The quantitative estimate of drug-likeness (QED) is 0.792. The summed E-state index contributed by atoms with van der Waals surface area (Å²) in [7, 11) is 0. The zero-order valence-electron chi connectivity index (χ0n) is 15.3. The number of fused-ring (bicyclic) bond motifs is 1. The summed E-state index contributed by atoms with van der Waals surface area (Å²) in [6.07, 6.45) is -3.65. The number of ether oxygens (including phenoxy) is 1. The molecule has 5 nitrogen and oxygen atoms in total. The molecule has 0 bridgehead atoms. The van der Waals surface area contributed by atoms with E-state index in [2.05, 4.69) is 5.10 Å². The molecule has 0 spiro atoms. The molecule has 1 aromatic heterocycles. The van der Waals surface area contributed by atoms with Crippen LogP contribution in [0.4, 0.5) is 13.2 Å². The van der Waals surface area contributed by atoms with Crippen molar-refractivity contribution in [3.05, 3.63) is 46.6 Å². The van der Waals surface area contributed by atoms with Crippen LogP contribution in [-0.4, -0.2) is 40.3 Å². The third-order valence-corrected chi connectivity index (χ3v) is 4.66. The molecule has 0 saturated heterocycles. The first kappa shape index (κ1) is 19.3. The Hall–Kier alpha value is -2.51. The van der Waals surface area contributed by atoms with Crippen molar-refractivity contribution in [1.82, 2.24) is 14.7 Å². The van der Waals surface area contributed by atoms with E-state index in [-0.39, 0.29) is 23.9 Å². The first-order valence-corrected chi connectivity index (χ1v) is 9.03. The molecule has 3 rings (SSSR count). The predicted octanol–water partition coefficient (Wildman–Crippen LogP) is 3.76. The maximum absolute atomic E-state index is 13.2. The van der Waals surface area contributed by atoms with Gasteiger partial charge in [-0.15, -0.1) is 0 Å². The van der Waals surface area contributed by atoms with E-state index in [0.717, 1.165) is 5.56 Å². The molecule has 27 heavy (non-hydrogen) atoms. The number of alkyl halides is 3. The molecule has 0 unspecified atom stereocenters. The molecule has 1 aromatic carbocycles. The van der Waals surface area contributed by atoms with Crippen molar-refractivity contribution < 1.29 is 22.7 Å². The fourth-order valence-corrected chi connectivity index (χ4v) is 3.24. The summed E-state index contributed by atoms with van der Waals surface area (Å²) in [5, 5.41) is 3.76. The summed E-state index contributed by atoms with van der Waals surface area (Å²) in [6, 6.07) is 6.86. The molecule has 0 fully saturated rings. The summed E-state index contributed by atoms with van der Waals surface area (Å²) in [5.41, 5.74) is 0.559. The molecular formula is C19H22F3N3O2. The summed E-state index contributed by atoms with van der Waals surface area (Å²) in [4.78, 5) is 14.1. The first-order valence-electron chi connectivity index (χ1n) is 9.03. The van der Waals surface area contributed by atoms with Crippen molar-refractivity contribution in [3.63, 3.8) is 0 Å². The van der Waals surface area contributed by atoms with Gasteiger partial charge in [-0.25, -0.2) is 4.68 Å². The molecule has 2 heterocycles. The monoisotopic (exact) mass is 381 g/mol. The van der Waals surface area contributed by atoms with E-state index in [0.29, 0.717) is 38.1 Å². The molecule has 0 N–H and O–H groups in total. The van der Waals surface area contributed by atoms with Gasteiger partial charge in [-0.2, -0.15) is 18.3 Å². The molecule has 1 amide bonds. The third kappa shape index (κ3) is 3.94. The molecule has 0 atom stereocenters. The van der Waals surface area contributed by atoms with E-state index < -0.39 is 11.9 Å². The fraction of sp³-hybridized carbons (Fsp3) is 0.474. The van der Waals surface area contributed by atoms with Crippen LogP contribution in [0.3, 0.4) is 0 Å². The van der Waals surface area contributed by atoms with Crippen molar-refractivity contribution in [1.29, 1.82) is 0 Å². The zero-order valence-corrected chi connectivity index (χ0v) is 15.3. The largest absolute Gasteiger partial charge is 0.478 e. The van der Waals surface area contributed by atoms with E-state index in [1.54, 1.807) is 29.2 Å². The number of amides is 1. The first-order chi connectivity index (χ1) is 12.8. The molecule has 8 heteroatoms. The van der Waals surface area contributed by atoms with Gasteiger partial charge in [-0.1, -0.05) is 12.1 Å². The van der Waals surface area contributed by atoms with Crippen LogP contribution in [0, 0.1) is 0 Å². The molecule has 2 aromatic rings. The molecule has 146 valence electrons. The minimum atomic E-state index is -4.50. The summed E-state index contributed by atoms with van der Waals surface area (Å²) < 4.78 is 46.4. The highest BCUT2D eigenvalue weighted by atomic mass is 19.4. The fourth-order valence-electron chi connectivity index (χ4n) is 3.24. The molecule has 1 aliphatic heterocycles. The van der Waals surface area contributed by atoms with E-state index in [1.165, 1.54) is 4.68 Å². The molecule has 0 saturated carbocycles. The van der Waals surface area contributed by atoms with Gasteiger partial charge in [0.05, 0.1) is 13.2 Å². The Balaban J connectivity index is 1.84. The van der Waals surface area contributed by atoms with Crippen molar-refractivity contribution in [2.24, 2.45) is 0 Å². The highest BCUT2D eigenvalue weighted by Gasteiger charge is 2.40. The lowest BCUT2D eigenvalue weighted by molar-refractivity contribution is -0.142. The maximum Gasteiger partial charge on any atom is 0.435 e. The van der Waals surface area contributed by atoms with Crippen molar-refractivity contribution in [3.8, 4) is 5.88 Å². The number of carbonyl (C=O) groups excluding carboxylic acids is 1. The van der Waals surface area contributed by atoms with Crippen LogP contribution < -0.4 is 4.74 Å². The van der Waals surface area contributed by atoms with Crippen LogP contribution in [-0.2, 0) is 19.1 Å². The van der Waals surface area contributed by atoms with Crippen LogP contribution in [0.15, 0.2) is 24.3 Å². The number of carbonyl (C=O) groups is 1. The molecule has 1 aliphatic rings. The van der Waals surface area contributed by atoms with Crippen molar-refractivity contribution >= 4 is 5.91 Å². The van der Waals surface area contributed by atoms with Gasteiger partial charge in [-0.05, 0) is 44.4 Å². The highest BCUT2D eigenvalue weighted by Crippen LogP contribution is 2.38. The number of nitrogens with zero attached hydrogens (tertiary/aromatic N) is 3. The Bertz CT molecular complexity index is 809. The van der Waals surface area contributed by atoms with Gasteiger partial charge in [0.15, 0.2) is 5.69 Å². The summed E-state index contributed by atoms with van der Waals surface area (Å²) in [6.45, 7) is 5.59. The number of halogens is 3. The highest BCUT2D eigenvalue weighted by molar-refractivity contribution is 5.94. The van der Waals surface area contributed by atoms with Crippen molar-refractivity contribution in [2.45, 2.75) is 39.4 Å². The summed E-state index contributed by atoms with van der Waals surface area (Å²) in [5.74, 6) is 0.127. The number of hydrogen-bond donors (Lipinski definition) is 0. The third-order valence-electron chi connectivity index (χ3n) is 4.66. The average Bonchev–Trinajstić information content (AvgIpc) is 3.02. The van der Waals surface area contributed by atoms with Crippen LogP contribution >= 0.6 is 0 Å². The standard InChI is InChI=1S/C19H22F3N3O2/c1-3-24(4-2)17(26)14-9-7-13(8-10-14)12-25-18-15(6-5-11-27-18)16(23-25)19(20,21)22/h7-10H,3-6,11-12H2,1-2H3. The van der Waals surface area contributed by atoms with Crippen molar-refractivity contribution in [2.75, 3.05) is 19.7 Å². The minimum Gasteiger partial charge on any atom is -0.478 e. The van der Waals surface area contributed by atoms with E-state index in [9.17, 15) is 18.0 Å². The minimum absolute atomic E-state index is 0.0642. The number of rotatable bonds is 5. The molecule has 0 aliphatic carbocycles. The lowest BCUT2D eigenvalue weighted by atomic mass is 10.1. The van der Waals surface area contributed by atoms with Gasteiger partial charge < -0.3 is 9.64 Å². The Morgan fingerprint density at radius 1 is 1.22 bits per heavy atom. The molecule has 0 radical (unpaired) electrons. The van der Waals surface area contributed by atoms with Gasteiger partial charge >= 0.3 is 6.18 Å². The normalized spacial score (nSPS) is 13.8. The van der Waals surface area contributed by atoms with E-state index >= 15 is 0 Å². The number of aromatic nitrogens is 2. The average molecular weight is 381 g/mol. The lowest BCUT2D eigenvalue weighted by Crippen LogP contribution is -2.30. The van der Waals surface area contributed by atoms with Gasteiger partial charge in [0.2, 0.25) is 5.88 Å². The van der Waals surface area contributed by atoms with Crippen LogP contribution in [0.2, 0.25) is 0 Å². The Morgan fingerprint density at radius 3 is 2.48 bits per heavy atom. The zero-order chi connectivity index (χ0) is 19.6. The van der Waals surface area contributed by atoms with Crippen LogP contribution in [0.1, 0.15) is 47.4 Å². The maximum atomic E-state index is 13.2. The smallest absolute Gasteiger partial charge is 0.435 e. The van der Waals surface area contributed by atoms with Gasteiger partial charge in [0.1, 0.15) is 0 Å². The Kier molecular flexibility index (Phi) is 5.43. The number of benzene rings is 1. The predicted molar refractivity (Wildman–Crippen MR) is 93.8 cm³/mol. The summed E-state index contributed by atoms with van der Waals surface area (Å²) >= 11 is 0. The number of hydrogen-bond acceptors (Lipinski definition) is 3. The Labute approximate surface area is 155 Å². The lowest BCUT2D eigenvalue weighted by Gasteiger charge is -2.19. The van der Waals surface area contributed by atoms with Gasteiger partial charge in [0.25, 0.3) is 5.91 Å².